The van der Waals surface area contributed by atoms with Crippen LogP contribution >= 0.6 is 0 Å². The second kappa shape index (κ2) is 3.13. The molecule has 0 amide bonds. The van der Waals surface area contributed by atoms with Crippen molar-refractivity contribution in [2.75, 3.05) is 0 Å². The van der Waals surface area contributed by atoms with E-state index in [1.807, 2.05) is 20.8 Å². The van der Waals surface area contributed by atoms with Crippen molar-refractivity contribution in [3.8, 4) is 0 Å². The number of aliphatic hydroxyl groups is 1. The van der Waals surface area contributed by atoms with Gasteiger partial charge >= 0.3 is 0 Å². The average molecular weight is 166 g/mol. The van der Waals surface area contributed by atoms with Crippen molar-refractivity contribution < 1.29 is 9.90 Å². The van der Waals surface area contributed by atoms with E-state index in [1.54, 1.807) is 6.08 Å². The fourth-order valence-corrected chi connectivity index (χ4v) is 1.73. The molecular formula is C10H14O2. The van der Waals surface area contributed by atoms with Crippen LogP contribution in [0.1, 0.15) is 27.2 Å². The molecular weight excluding hydrogens is 152 g/mol. The smallest absolute Gasteiger partial charge is 0.223 e. The van der Waals surface area contributed by atoms with Crippen LogP contribution in [0.2, 0.25) is 0 Å². The van der Waals surface area contributed by atoms with E-state index < -0.39 is 0 Å². The highest BCUT2D eigenvalue weighted by molar-refractivity contribution is 6.10. The number of rotatable bonds is 1. The van der Waals surface area contributed by atoms with Crippen LogP contribution in [0.5, 0.6) is 0 Å². The molecule has 0 saturated heterocycles. The minimum Gasteiger partial charge on any atom is -0.504 e. The molecule has 0 aromatic rings. The zero-order valence-electron chi connectivity index (χ0n) is 7.72. The first-order valence-corrected chi connectivity index (χ1v) is 4.24. The maximum atomic E-state index is 11.3. The van der Waals surface area contributed by atoms with Crippen molar-refractivity contribution in [3.63, 3.8) is 0 Å². The van der Waals surface area contributed by atoms with Crippen LogP contribution in [0.15, 0.2) is 23.0 Å². The highest BCUT2D eigenvalue weighted by atomic mass is 16.3. The maximum Gasteiger partial charge on any atom is 0.223 e. The van der Waals surface area contributed by atoms with Gasteiger partial charge in [-0.1, -0.05) is 13.0 Å². The van der Waals surface area contributed by atoms with Crippen molar-refractivity contribution >= 4 is 5.78 Å². The molecule has 1 aliphatic carbocycles. The van der Waals surface area contributed by atoms with E-state index >= 15 is 0 Å². The minimum absolute atomic E-state index is 0.0463. The van der Waals surface area contributed by atoms with E-state index in [4.69, 9.17) is 0 Å². The first kappa shape index (κ1) is 9.04. The van der Waals surface area contributed by atoms with E-state index in [0.29, 0.717) is 0 Å². The summed E-state index contributed by atoms with van der Waals surface area (Å²) in [6.45, 7) is 5.67. The van der Waals surface area contributed by atoms with Gasteiger partial charge in [0.25, 0.3) is 0 Å². The largest absolute Gasteiger partial charge is 0.504 e. The van der Waals surface area contributed by atoms with Crippen LogP contribution in [-0.2, 0) is 4.79 Å². The number of carbonyl (C=O) groups excluding carboxylic acids is 1. The Morgan fingerprint density at radius 3 is 2.50 bits per heavy atom. The molecule has 0 bridgehead atoms. The Labute approximate surface area is 72.6 Å². The van der Waals surface area contributed by atoms with Crippen LogP contribution in [-0.4, -0.2) is 10.9 Å². The van der Waals surface area contributed by atoms with Gasteiger partial charge in [-0.2, -0.15) is 0 Å². The number of hydrogen-bond acceptors (Lipinski definition) is 2. The molecule has 0 aliphatic heterocycles. The topological polar surface area (TPSA) is 37.3 Å². The van der Waals surface area contributed by atoms with Gasteiger partial charge in [0.2, 0.25) is 5.78 Å². The number of hydrogen-bond donors (Lipinski definition) is 1. The quantitative estimate of drug-likeness (QED) is 0.607. The highest BCUT2D eigenvalue weighted by Gasteiger charge is 2.32. The van der Waals surface area contributed by atoms with Gasteiger partial charge in [0.05, 0.1) is 0 Å². The van der Waals surface area contributed by atoms with Crippen molar-refractivity contribution in [1.29, 1.82) is 0 Å². The van der Waals surface area contributed by atoms with E-state index in [9.17, 15) is 9.90 Å². The molecule has 0 fully saturated rings. The second-order valence-corrected chi connectivity index (χ2v) is 3.07. The third-order valence-electron chi connectivity index (χ3n) is 2.47. The molecule has 1 atom stereocenters. The van der Waals surface area contributed by atoms with Gasteiger partial charge < -0.3 is 5.11 Å². The van der Waals surface area contributed by atoms with Crippen LogP contribution in [0.4, 0.5) is 0 Å². The zero-order valence-corrected chi connectivity index (χ0v) is 7.72. The molecule has 1 unspecified atom stereocenters. The Hall–Kier alpha value is -1.05. The molecule has 1 aliphatic rings. The average Bonchev–Trinajstić information content (AvgIpc) is 2.29. The molecule has 12 heavy (non-hydrogen) atoms. The fourth-order valence-electron chi connectivity index (χ4n) is 1.73. The Morgan fingerprint density at radius 1 is 1.58 bits per heavy atom. The molecule has 1 rings (SSSR count). The summed E-state index contributed by atoms with van der Waals surface area (Å²) >= 11 is 0. The molecule has 66 valence electrons. The van der Waals surface area contributed by atoms with E-state index in [1.165, 1.54) is 0 Å². The molecule has 0 spiro atoms. The van der Waals surface area contributed by atoms with Crippen LogP contribution in [0.25, 0.3) is 0 Å². The van der Waals surface area contributed by atoms with Crippen molar-refractivity contribution in [3.05, 3.63) is 23.0 Å². The molecule has 1 N–H and O–H groups in total. The Balaban J connectivity index is 3.10. The molecule has 0 aromatic carbocycles. The van der Waals surface area contributed by atoms with Gasteiger partial charge in [-0.05, 0) is 25.8 Å². The number of aliphatic hydroxyl groups excluding tert-OH is 1. The third-order valence-corrected chi connectivity index (χ3v) is 2.47. The standard InChI is InChI=1S/C10H14O2/c1-4-7-6(3)9(11)10(12)8(7)5-2/h5,7,11H,4H2,1-3H3/b8-5+. The van der Waals surface area contributed by atoms with Gasteiger partial charge in [-0.15, -0.1) is 0 Å². The summed E-state index contributed by atoms with van der Waals surface area (Å²) in [7, 11) is 0. The lowest BCUT2D eigenvalue weighted by atomic mass is 9.95. The summed E-state index contributed by atoms with van der Waals surface area (Å²) < 4.78 is 0. The lowest BCUT2D eigenvalue weighted by molar-refractivity contribution is -0.114. The predicted octanol–water partition coefficient (Wildman–Crippen LogP) is 2.37. The molecule has 2 heteroatoms. The summed E-state index contributed by atoms with van der Waals surface area (Å²) in [5.74, 6) is -0.0979. The number of Topliss-reactive ketones (excluding diaryl/α,β-unsaturated/α-hetero) is 1. The number of allylic oxidation sites excluding steroid dienone is 3. The Kier molecular flexibility index (Phi) is 2.36. The predicted molar refractivity (Wildman–Crippen MR) is 47.9 cm³/mol. The van der Waals surface area contributed by atoms with Crippen LogP contribution < -0.4 is 0 Å². The van der Waals surface area contributed by atoms with Gasteiger partial charge in [-0.25, -0.2) is 0 Å². The van der Waals surface area contributed by atoms with Crippen LogP contribution in [0, 0.1) is 5.92 Å². The summed E-state index contributed by atoms with van der Waals surface area (Å²) in [5, 5.41) is 9.36. The molecule has 0 saturated carbocycles. The second-order valence-electron chi connectivity index (χ2n) is 3.07. The van der Waals surface area contributed by atoms with Gasteiger partial charge in [0, 0.05) is 11.5 Å². The zero-order chi connectivity index (χ0) is 9.30. The van der Waals surface area contributed by atoms with Gasteiger partial charge in [0.1, 0.15) is 0 Å². The number of ketones is 1. The minimum atomic E-state index is -0.193. The van der Waals surface area contributed by atoms with Crippen molar-refractivity contribution in [2.45, 2.75) is 27.2 Å². The van der Waals surface area contributed by atoms with Gasteiger partial charge in [0.15, 0.2) is 5.76 Å². The molecule has 0 radical (unpaired) electrons. The number of carbonyl (C=O) groups is 1. The van der Waals surface area contributed by atoms with E-state index in [2.05, 4.69) is 0 Å². The fraction of sp³-hybridized carbons (Fsp3) is 0.500. The van der Waals surface area contributed by atoms with Gasteiger partial charge in [-0.3, -0.25) is 4.79 Å². The maximum absolute atomic E-state index is 11.3. The summed E-state index contributed by atoms with van der Waals surface area (Å²) in [5.41, 5.74) is 1.56. The third kappa shape index (κ3) is 1.07. The molecule has 0 aromatic heterocycles. The van der Waals surface area contributed by atoms with E-state index in [-0.39, 0.29) is 17.5 Å². The SMILES string of the molecule is C/C=C1/C(=O)C(O)=C(C)C1CC. The lowest BCUT2D eigenvalue weighted by Gasteiger charge is -2.08. The normalized spacial score (nSPS) is 27.4. The first-order chi connectivity index (χ1) is 5.63. The summed E-state index contributed by atoms with van der Waals surface area (Å²) in [6, 6.07) is 0. The lowest BCUT2D eigenvalue weighted by Crippen LogP contribution is -2.03. The molecule has 2 nitrogen and oxygen atoms in total. The van der Waals surface area contributed by atoms with Crippen molar-refractivity contribution in [1.82, 2.24) is 0 Å². The van der Waals surface area contributed by atoms with E-state index in [0.717, 1.165) is 17.6 Å². The summed E-state index contributed by atoms with van der Waals surface area (Å²) in [4.78, 5) is 11.3. The van der Waals surface area contributed by atoms with Crippen LogP contribution in [0.3, 0.4) is 0 Å². The summed E-state index contributed by atoms with van der Waals surface area (Å²) in [6.07, 6.45) is 2.67. The monoisotopic (exact) mass is 166 g/mol. The Bertz CT molecular complexity index is 272. The Morgan fingerprint density at radius 2 is 2.17 bits per heavy atom. The first-order valence-electron chi connectivity index (χ1n) is 4.24. The van der Waals surface area contributed by atoms with Crippen molar-refractivity contribution in [2.24, 2.45) is 5.92 Å². The molecule has 0 heterocycles. The highest BCUT2D eigenvalue weighted by Crippen LogP contribution is 2.34.